The van der Waals surface area contributed by atoms with E-state index in [1.54, 1.807) is 0 Å². The van der Waals surface area contributed by atoms with Crippen LogP contribution in [0.25, 0.3) is 11.0 Å². The van der Waals surface area contributed by atoms with Crippen LogP contribution in [0.3, 0.4) is 0 Å². The van der Waals surface area contributed by atoms with Crippen molar-refractivity contribution < 1.29 is 9.53 Å². The van der Waals surface area contributed by atoms with Crippen molar-refractivity contribution in [2.75, 3.05) is 13.1 Å². The van der Waals surface area contributed by atoms with Gasteiger partial charge in [0, 0.05) is 13.0 Å². The highest BCUT2D eigenvalue weighted by Gasteiger charge is 2.28. The van der Waals surface area contributed by atoms with Crippen molar-refractivity contribution in [1.82, 2.24) is 14.9 Å². The van der Waals surface area contributed by atoms with Gasteiger partial charge in [-0.05, 0) is 43.0 Å². The number of aromatic amines is 2. The predicted octanol–water partition coefficient (Wildman–Crippen LogP) is 3.17. The van der Waals surface area contributed by atoms with Crippen LogP contribution in [0.15, 0.2) is 53.3 Å². The van der Waals surface area contributed by atoms with E-state index >= 15 is 0 Å². The van der Waals surface area contributed by atoms with Gasteiger partial charge in [0.05, 0.1) is 23.7 Å². The molecule has 4 rings (SSSR count). The second-order valence-corrected chi connectivity index (χ2v) is 7.46. The van der Waals surface area contributed by atoms with Gasteiger partial charge >= 0.3 is 5.69 Å². The summed E-state index contributed by atoms with van der Waals surface area (Å²) in [7, 11) is 0. The number of morpholine rings is 1. The molecule has 1 aliphatic rings. The Balaban J connectivity index is 1.34. The van der Waals surface area contributed by atoms with E-state index in [0.717, 1.165) is 35.0 Å². The number of fused-ring (bicyclic) bond motifs is 1. The van der Waals surface area contributed by atoms with Crippen LogP contribution in [0, 0.1) is 0 Å². The van der Waals surface area contributed by atoms with E-state index in [-0.39, 0.29) is 23.8 Å². The van der Waals surface area contributed by atoms with Gasteiger partial charge in [-0.2, -0.15) is 0 Å². The lowest BCUT2D eigenvalue weighted by Gasteiger charge is -2.37. The maximum Gasteiger partial charge on any atom is 0.323 e. The molecule has 2 heterocycles. The largest absolute Gasteiger partial charge is 0.367 e. The quantitative estimate of drug-likeness (QED) is 0.715. The number of carbonyl (C=O) groups is 1. The van der Waals surface area contributed by atoms with Crippen molar-refractivity contribution in [3.8, 4) is 0 Å². The van der Waals surface area contributed by atoms with E-state index in [1.807, 2.05) is 60.4 Å². The molecule has 0 radical (unpaired) electrons. The Bertz CT molecular complexity index is 1010. The molecule has 6 heteroatoms. The van der Waals surface area contributed by atoms with Crippen LogP contribution in [0.1, 0.15) is 37.0 Å². The Kier molecular flexibility index (Phi) is 5.30. The van der Waals surface area contributed by atoms with Crippen LogP contribution in [0.4, 0.5) is 0 Å². The summed E-state index contributed by atoms with van der Waals surface area (Å²) < 4.78 is 6.04. The van der Waals surface area contributed by atoms with Crippen LogP contribution < -0.4 is 5.69 Å². The molecular weight excluding hydrogens is 354 g/mol. The fourth-order valence-electron chi connectivity index (χ4n) is 3.84. The molecule has 2 atom stereocenters. The average molecular weight is 379 g/mol. The lowest BCUT2D eigenvalue weighted by Crippen LogP contribution is -2.45. The monoisotopic (exact) mass is 379 g/mol. The maximum atomic E-state index is 12.7. The first-order chi connectivity index (χ1) is 13.6. The topological polar surface area (TPSA) is 78.2 Å². The number of ether oxygens (including phenoxy) is 1. The van der Waals surface area contributed by atoms with Crippen LogP contribution >= 0.6 is 0 Å². The van der Waals surface area contributed by atoms with Crippen LogP contribution in [-0.4, -0.2) is 40.0 Å². The van der Waals surface area contributed by atoms with Gasteiger partial charge in [-0.3, -0.25) is 4.79 Å². The molecule has 1 aliphatic heterocycles. The zero-order valence-corrected chi connectivity index (χ0v) is 16.0. The Hall–Kier alpha value is -2.86. The molecule has 1 aromatic heterocycles. The zero-order valence-electron chi connectivity index (χ0n) is 16.0. The van der Waals surface area contributed by atoms with Gasteiger partial charge in [0.2, 0.25) is 5.91 Å². The molecule has 1 amide bonds. The number of amides is 1. The minimum atomic E-state index is -0.197. The highest BCUT2D eigenvalue weighted by Crippen LogP contribution is 2.25. The summed E-state index contributed by atoms with van der Waals surface area (Å²) >= 11 is 0. The number of carbonyl (C=O) groups excluding carboxylic acids is 1. The number of aryl methyl sites for hydroxylation is 1. The van der Waals surface area contributed by atoms with Gasteiger partial charge in [0.15, 0.2) is 0 Å². The standard InChI is InChI=1S/C22H25N3O3/c1-15-13-25(14-20(28-15)17-7-3-2-4-8-17)21(26)9-5-6-16-10-11-18-19(12-16)24-22(27)23-18/h2-4,7-8,10-12,15,20H,5-6,9,13-14H2,1H3,(H2,23,24,27). The third kappa shape index (κ3) is 4.17. The van der Waals surface area contributed by atoms with Crippen molar-refractivity contribution in [2.45, 2.75) is 38.4 Å². The van der Waals surface area contributed by atoms with E-state index in [0.29, 0.717) is 19.5 Å². The van der Waals surface area contributed by atoms with Gasteiger partial charge in [-0.25, -0.2) is 4.79 Å². The number of H-pyrrole nitrogens is 2. The zero-order chi connectivity index (χ0) is 19.5. The highest BCUT2D eigenvalue weighted by molar-refractivity contribution is 5.77. The normalized spacial score (nSPS) is 19.8. The Morgan fingerprint density at radius 2 is 1.89 bits per heavy atom. The van der Waals surface area contributed by atoms with Crippen LogP contribution in [-0.2, 0) is 16.0 Å². The summed E-state index contributed by atoms with van der Waals surface area (Å²) in [6, 6.07) is 16.0. The van der Waals surface area contributed by atoms with Crippen molar-refractivity contribution in [3.63, 3.8) is 0 Å². The molecule has 1 saturated heterocycles. The molecule has 2 unspecified atom stereocenters. The number of nitrogens with one attached hydrogen (secondary N) is 2. The van der Waals surface area contributed by atoms with E-state index in [9.17, 15) is 9.59 Å². The first kappa shape index (κ1) is 18.5. The second-order valence-electron chi connectivity index (χ2n) is 7.46. The highest BCUT2D eigenvalue weighted by atomic mass is 16.5. The summed E-state index contributed by atoms with van der Waals surface area (Å²) in [5.41, 5.74) is 3.64. The number of hydrogen-bond donors (Lipinski definition) is 2. The van der Waals surface area contributed by atoms with Gasteiger partial charge in [0.1, 0.15) is 6.10 Å². The molecule has 0 spiro atoms. The molecule has 2 aromatic carbocycles. The van der Waals surface area contributed by atoms with E-state index in [2.05, 4.69) is 9.97 Å². The van der Waals surface area contributed by atoms with E-state index in [4.69, 9.17) is 4.74 Å². The number of nitrogens with zero attached hydrogens (tertiary/aromatic N) is 1. The van der Waals surface area contributed by atoms with E-state index < -0.39 is 0 Å². The van der Waals surface area contributed by atoms with Crippen molar-refractivity contribution in [1.29, 1.82) is 0 Å². The Morgan fingerprint density at radius 1 is 1.11 bits per heavy atom. The van der Waals surface area contributed by atoms with Gasteiger partial charge in [-0.1, -0.05) is 36.4 Å². The number of hydrogen-bond acceptors (Lipinski definition) is 3. The fraction of sp³-hybridized carbons (Fsp3) is 0.364. The number of rotatable bonds is 5. The molecule has 28 heavy (non-hydrogen) atoms. The number of benzene rings is 2. The molecule has 0 saturated carbocycles. The summed E-state index contributed by atoms with van der Waals surface area (Å²) in [6.07, 6.45) is 2.05. The van der Waals surface area contributed by atoms with Crippen molar-refractivity contribution >= 4 is 16.9 Å². The van der Waals surface area contributed by atoms with Gasteiger partial charge < -0.3 is 19.6 Å². The number of imidazole rings is 1. The summed E-state index contributed by atoms with van der Waals surface area (Å²) in [5.74, 6) is 0.173. The molecule has 6 nitrogen and oxygen atoms in total. The molecule has 146 valence electrons. The molecule has 2 N–H and O–H groups in total. The van der Waals surface area contributed by atoms with Crippen LogP contribution in [0.5, 0.6) is 0 Å². The first-order valence-corrected chi connectivity index (χ1v) is 9.77. The molecule has 3 aromatic rings. The summed E-state index contributed by atoms with van der Waals surface area (Å²) in [4.78, 5) is 31.6. The van der Waals surface area contributed by atoms with Crippen molar-refractivity contribution in [3.05, 3.63) is 70.1 Å². The minimum absolute atomic E-state index is 0.0238. The van der Waals surface area contributed by atoms with E-state index in [1.165, 1.54) is 0 Å². The average Bonchev–Trinajstić information content (AvgIpc) is 3.07. The van der Waals surface area contributed by atoms with Crippen LogP contribution in [0.2, 0.25) is 0 Å². The molecule has 0 aliphatic carbocycles. The summed E-state index contributed by atoms with van der Waals surface area (Å²) in [5, 5.41) is 0. The van der Waals surface area contributed by atoms with Crippen molar-refractivity contribution in [2.24, 2.45) is 0 Å². The molecular formula is C22H25N3O3. The predicted molar refractivity (Wildman–Crippen MR) is 108 cm³/mol. The SMILES string of the molecule is CC1CN(C(=O)CCCc2ccc3[nH]c(=O)[nH]c3c2)CC(c2ccccc2)O1. The second kappa shape index (κ2) is 8.02. The van der Waals surface area contributed by atoms with Gasteiger partial charge in [0.25, 0.3) is 0 Å². The fourth-order valence-corrected chi connectivity index (χ4v) is 3.84. The molecule has 0 bridgehead atoms. The summed E-state index contributed by atoms with van der Waals surface area (Å²) in [6.45, 7) is 3.25. The lowest BCUT2D eigenvalue weighted by atomic mass is 10.0. The van der Waals surface area contributed by atoms with Gasteiger partial charge in [-0.15, -0.1) is 0 Å². The molecule has 1 fully saturated rings. The third-order valence-corrected chi connectivity index (χ3v) is 5.22. The Morgan fingerprint density at radius 3 is 2.71 bits per heavy atom. The smallest absolute Gasteiger partial charge is 0.323 e. The lowest BCUT2D eigenvalue weighted by molar-refractivity contribution is -0.145. The first-order valence-electron chi connectivity index (χ1n) is 9.77. The third-order valence-electron chi connectivity index (χ3n) is 5.22. The number of aromatic nitrogens is 2. The Labute approximate surface area is 163 Å². The maximum absolute atomic E-state index is 12.7. The minimum Gasteiger partial charge on any atom is -0.367 e.